The first-order valence-electron chi connectivity index (χ1n) is 11.7. The molecule has 2 fully saturated rings. The molecule has 0 spiro atoms. The van der Waals surface area contributed by atoms with Crippen LogP contribution >= 0.6 is 0 Å². The monoisotopic (exact) mass is 508 g/mol. The minimum atomic E-state index is -6.14. The van der Waals surface area contributed by atoms with Crippen molar-refractivity contribution in [3.05, 3.63) is 34.9 Å². The summed E-state index contributed by atoms with van der Waals surface area (Å²) in [5, 5.41) is 2.97. The number of aryl methyl sites for hydroxylation is 1. The van der Waals surface area contributed by atoms with Crippen LogP contribution in [0.5, 0.6) is 0 Å². The molecule has 194 valence electrons. The molecule has 2 aliphatic carbocycles. The molecule has 4 nitrogen and oxygen atoms in total. The van der Waals surface area contributed by atoms with Gasteiger partial charge in [-0.1, -0.05) is 18.2 Å². The van der Waals surface area contributed by atoms with Gasteiger partial charge >= 0.3 is 18.0 Å². The fourth-order valence-electron chi connectivity index (χ4n) is 6.05. The SMILES string of the molecule is CC(=O)N1CCC(CNC(=O)[C@@H]2CC[C@H]3c4ccc(C(F)(C(F)(F)F)C(F)(F)F)cc4CC[C@@H]23)C1. The van der Waals surface area contributed by atoms with Crippen molar-refractivity contribution < 1.29 is 40.3 Å². The van der Waals surface area contributed by atoms with Crippen molar-refractivity contribution in [1.29, 1.82) is 0 Å². The second-order valence-electron chi connectivity index (χ2n) is 9.93. The van der Waals surface area contributed by atoms with Crippen LogP contribution in [0.2, 0.25) is 0 Å². The summed E-state index contributed by atoms with van der Waals surface area (Å²) in [5.74, 6) is -0.495. The van der Waals surface area contributed by atoms with Crippen molar-refractivity contribution in [1.82, 2.24) is 10.2 Å². The molecule has 0 bridgehead atoms. The van der Waals surface area contributed by atoms with E-state index in [1.165, 1.54) is 13.0 Å². The number of carbonyl (C=O) groups excluding carboxylic acids is 2. The molecule has 1 aliphatic heterocycles. The highest BCUT2D eigenvalue weighted by molar-refractivity contribution is 5.79. The highest BCUT2D eigenvalue weighted by atomic mass is 19.4. The fourth-order valence-corrected chi connectivity index (χ4v) is 6.05. The molecular formula is C24H27F7N2O2. The van der Waals surface area contributed by atoms with E-state index in [9.17, 15) is 40.3 Å². The number of carbonyl (C=O) groups is 2. The molecule has 1 aromatic rings. The zero-order valence-electron chi connectivity index (χ0n) is 19.1. The number of alkyl halides is 7. The first kappa shape index (κ1) is 25.8. The van der Waals surface area contributed by atoms with E-state index in [1.807, 2.05) is 0 Å². The average molecular weight is 508 g/mol. The largest absolute Gasteiger partial charge is 0.435 e. The lowest BCUT2D eigenvalue weighted by Crippen LogP contribution is -2.50. The van der Waals surface area contributed by atoms with Gasteiger partial charge in [0.25, 0.3) is 0 Å². The predicted molar refractivity (Wildman–Crippen MR) is 112 cm³/mol. The Hall–Kier alpha value is -2.33. The van der Waals surface area contributed by atoms with Gasteiger partial charge in [-0.3, -0.25) is 9.59 Å². The van der Waals surface area contributed by atoms with E-state index < -0.39 is 23.6 Å². The third kappa shape index (κ3) is 4.50. The van der Waals surface area contributed by atoms with E-state index >= 15 is 0 Å². The number of nitrogens with zero attached hydrogens (tertiary/aromatic N) is 1. The normalized spacial score (nSPS) is 26.9. The maximum Gasteiger partial charge on any atom is 0.435 e. The minimum absolute atomic E-state index is 0.00282. The molecule has 0 radical (unpaired) electrons. The zero-order valence-corrected chi connectivity index (χ0v) is 19.1. The summed E-state index contributed by atoms with van der Waals surface area (Å²) in [6, 6.07) is 2.44. The van der Waals surface area contributed by atoms with Crippen molar-refractivity contribution in [2.45, 2.75) is 63.0 Å². The summed E-state index contributed by atoms with van der Waals surface area (Å²) in [6.07, 6.45) is -9.74. The van der Waals surface area contributed by atoms with Crippen LogP contribution < -0.4 is 5.32 Å². The zero-order chi connectivity index (χ0) is 25.8. The third-order valence-corrected chi connectivity index (χ3v) is 7.92. The Balaban J connectivity index is 1.46. The Kier molecular flexibility index (Phi) is 6.59. The Morgan fingerprint density at radius 1 is 1.00 bits per heavy atom. The lowest BCUT2D eigenvalue weighted by Gasteiger charge is -2.34. The summed E-state index contributed by atoms with van der Waals surface area (Å²) in [4.78, 5) is 26.1. The summed E-state index contributed by atoms with van der Waals surface area (Å²) in [6.45, 7) is 3.20. The van der Waals surface area contributed by atoms with Crippen LogP contribution in [0.15, 0.2) is 18.2 Å². The Bertz CT molecular complexity index is 977. The Labute approximate surface area is 198 Å². The van der Waals surface area contributed by atoms with Crippen LogP contribution in [0.25, 0.3) is 0 Å². The average Bonchev–Trinajstić information content (AvgIpc) is 3.42. The number of hydrogen-bond acceptors (Lipinski definition) is 2. The number of rotatable bonds is 4. The molecule has 11 heteroatoms. The predicted octanol–water partition coefficient (Wildman–Crippen LogP) is 5.02. The van der Waals surface area contributed by atoms with Gasteiger partial charge in [-0.25, -0.2) is 4.39 Å². The van der Waals surface area contributed by atoms with Crippen molar-refractivity contribution in [3.8, 4) is 0 Å². The van der Waals surface area contributed by atoms with Crippen LogP contribution in [-0.2, 0) is 21.7 Å². The first-order chi connectivity index (χ1) is 16.2. The Morgan fingerprint density at radius 2 is 1.69 bits per heavy atom. The highest BCUT2D eigenvalue weighted by Gasteiger charge is 2.73. The molecule has 35 heavy (non-hydrogen) atoms. The standard InChI is InChI=1S/C24H27F7N2O2/c1-13(34)33-9-8-14(12-33)11-32-21(35)20-7-6-18-17-5-3-16(10-15(17)2-4-19(18)20)22(25,23(26,27)28)24(29,30)31/h3,5,10,14,18-20H,2,4,6-9,11-12H2,1H3,(H,32,35)/t14?,18-,19+,20+/m0/s1. The fraction of sp³-hybridized carbons (Fsp3) is 0.667. The van der Waals surface area contributed by atoms with Crippen LogP contribution in [0.3, 0.4) is 0 Å². The molecular weight excluding hydrogens is 481 g/mol. The molecule has 4 atom stereocenters. The number of hydrogen-bond donors (Lipinski definition) is 1. The van der Waals surface area contributed by atoms with Gasteiger partial charge in [-0.05, 0) is 61.0 Å². The molecule has 1 aromatic carbocycles. The highest BCUT2D eigenvalue weighted by Crippen LogP contribution is 2.55. The molecule has 1 unspecified atom stereocenters. The molecule has 2 amide bonds. The van der Waals surface area contributed by atoms with Gasteiger partial charge in [-0.15, -0.1) is 0 Å². The number of amides is 2. The molecule has 1 saturated heterocycles. The molecule has 1 saturated carbocycles. The summed E-state index contributed by atoms with van der Waals surface area (Å²) in [5.41, 5.74) is -6.03. The lowest BCUT2D eigenvalue weighted by molar-refractivity contribution is -0.348. The van der Waals surface area contributed by atoms with E-state index in [-0.39, 0.29) is 47.5 Å². The quantitative estimate of drug-likeness (QED) is 0.581. The van der Waals surface area contributed by atoms with E-state index in [4.69, 9.17) is 0 Å². The number of nitrogens with one attached hydrogen (secondary N) is 1. The number of halogens is 7. The van der Waals surface area contributed by atoms with E-state index in [2.05, 4.69) is 5.32 Å². The van der Waals surface area contributed by atoms with Gasteiger partial charge in [0.1, 0.15) is 0 Å². The number of likely N-dealkylation sites (tertiary alicyclic amines) is 1. The summed E-state index contributed by atoms with van der Waals surface area (Å²) in [7, 11) is 0. The van der Waals surface area contributed by atoms with Crippen molar-refractivity contribution in [3.63, 3.8) is 0 Å². The lowest BCUT2D eigenvalue weighted by atomic mass is 9.73. The second kappa shape index (κ2) is 8.96. The van der Waals surface area contributed by atoms with Gasteiger partial charge < -0.3 is 10.2 Å². The third-order valence-electron chi connectivity index (χ3n) is 7.92. The number of benzene rings is 1. The number of fused-ring (bicyclic) bond motifs is 3. The van der Waals surface area contributed by atoms with Gasteiger partial charge in [0, 0.05) is 38.0 Å². The van der Waals surface area contributed by atoms with E-state index in [0.29, 0.717) is 56.6 Å². The molecule has 0 aromatic heterocycles. The van der Waals surface area contributed by atoms with Crippen LogP contribution in [0.1, 0.15) is 55.2 Å². The smallest absolute Gasteiger partial charge is 0.356 e. The summed E-state index contributed by atoms with van der Waals surface area (Å²) < 4.78 is 93.5. The van der Waals surface area contributed by atoms with Gasteiger partial charge in [0.2, 0.25) is 11.8 Å². The van der Waals surface area contributed by atoms with Crippen LogP contribution in [0.4, 0.5) is 30.7 Å². The summed E-state index contributed by atoms with van der Waals surface area (Å²) >= 11 is 0. The first-order valence-corrected chi connectivity index (χ1v) is 11.7. The van der Waals surface area contributed by atoms with Gasteiger partial charge in [-0.2, -0.15) is 26.3 Å². The second-order valence-corrected chi connectivity index (χ2v) is 9.93. The van der Waals surface area contributed by atoms with Crippen LogP contribution in [-0.4, -0.2) is 48.7 Å². The maximum absolute atomic E-state index is 14.5. The van der Waals surface area contributed by atoms with E-state index in [1.54, 1.807) is 4.90 Å². The molecule has 3 aliphatic rings. The molecule has 1 heterocycles. The van der Waals surface area contributed by atoms with Crippen molar-refractivity contribution in [2.24, 2.45) is 17.8 Å². The van der Waals surface area contributed by atoms with Gasteiger partial charge in [0.05, 0.1) is 0 Å². The van der Waals surface area contributed by atoms with Crippen molar-refractivity contribution in [2.75, 3.05) is 19.6 Å². The van der Waals surface area contributed by atoms with Gasteiger partial charge in [0.15, 0.2) is 0 Å². The molecule has 4 rings (SSSR count). The van der Waals surface area contributed by atoms with E-state index in [0.717, 1.165) is 6.42 Å². The van der Waals surface area contributed by atoms with Crippen molar-refractivity contribution >= 4 is 11.8 Å². The topological polar surface area (TPSA) is 49.4 Å². The maximum atomic E-state index is 14.5. The molecule has 1 N–H and O–H groups in total. The Morgan fingerprint density at radius 3 is 2.29 bits per heavy atom. The minimum Gasteiger partial charge on any atom is -0.356 e. The van der Waals surface area contributed by atoms with Crippen LogP contribution in [0, 0.1) is 17.8 Å².